The number of nitrogens with one attached hydrogen (secondary N) is 2. The SMILES string of the molecule is O=C(NCc1ccc([C@@H]2CNCCO2)cc1)c1cccc(Cl)c1. The van der Waals surface area contributed by atoms with Crippen LogP contribution >= 0.6 is 11.6 Å². The topological polar surface area (TPSA) is 50.4 Å². The summed E-state index contributed by atoms with van der Waals surface area (Å²) in [6.07, 6.45) is 0.110. The van der Waals surface area contributed by atoms with E-state index in [1.54, 1.807) is 24.3 Å². The van der Waals surface area contributed by atoms with Gasteiger partial charge in [-0.2, -0.15) is 0 Å². The van der Waals surface area contributed by atoms with Crippen LogP contribution in [-0.4, -0.2) is 25.6 Å². The van der Waals surface area contributed by atoms with Gasteiger partial charge < -0.3 is 15.4 Å². The molecule has 4 nitrogen and oxygen atoms in total. The summed E-state index contributed by atoms with van der Waals surface area (Å²) in [6, 6.07) is 15.1. The maximum Gasteiger partial charge on any atom is 0.251 e. The number of ether oxygens (including phenoxy) is 1. The second-order valence-corrected chi connectivity index (χ2v) is 5.93. The number of halogens is 1. The van der Waals surface area contributed by atoms with E-state index in [9.17, 15) is 4.79 Å². The molecule has 3 rings (SSSR count). The molecule has 1 aliphatic rings. The molecule has 0 spiro atoms. The smallest absolute Gasteiger partial charge is 0.251 e. The Balaban J connectivity index is 1.57. The van der Waals surface area contributed by atoms with Gasteiger partial charge in [0.1, 0.15) is 0 Å². The van der Waals surface area contributed by atoms with E-state index in [1.807, 2.05) is 12.1 Å². The monoisotopic (exact) mass is 330 g/mol. The molecule has 2 aromatic carbocycles. The number of carbonyl (C=O) groups excluding carboxylic acids is 1. The standard InChI is InChI=1S/C18H19ClN2O2/c19-16-3-1-2-15(10-16)18(22)21-11-13-4-6-14(7-5-13)17-12-20-8-9-23-17/h1-7,10,17,20H,8-9,11-12H2,(H,21,22)/t17-/m0/s1. The van der Waals surface area contributed by atoms with Crippen molar-refractivity contribution in [1.29, 1.82) is 0 Å². The van der Waals surface area contributed by atoms with E-state index in [4.69, 9.17) is 16.3 Å². The fraction of sp³-hybridized carbons (Fsp3) is 0.278. The largest absolute Gasteiger partial charge is 0.371 e. The second-order valence-electron chi connectivity index (χ2n) is 5.50. The van der Waals surface area contributed by atoms with Gasteiger partial charge in [0.05, 0.1) is 12.7 Å². The van der Waals surface area contributed by atoms with Crippen LogP contribution in [-0.2, 0) is 11.3 Å². The number of hydrogen-bond donors (Lipinski definition) is 2. The van der Waals surface area contributed by atoms with Crippen molar-refractivity contribution in [2.75, 3.05) is 19.7 Å². The average molecular weight is 331 g/mol. The maximum absolute atomic E-state index is 12.1. The van der Waals surface area contributed by atoms with E-state index in [0.717, 1.165) is 30.8 Å². The van der Waals surface area contributed by atoms with E-state index < -0.39 is 0 Å². The van der Waals surface area contributed by atoms with Crippen LogP contribution in [0.25, 0.3) is 0 Å². The fourth-order valence-corrected chi connectivity index (χ4v) is 2.73. The summed E-state index contributed by atoms with van der Waals surface area (Å²) < 4.78 is 5.73. The van der Waals surface area contributed by atoms with Gasteiger partial charge in [-0.25, -0.2) is 0 Å². The van der Waals surface area contributed by atoms with Gasteiger partial charge in [-0.05, 0) is 29.3 Å². The molecule has 0 aliphatic carbocycles. The van der Waals surface area contributed by atoms with Crippen LogP contribution in [0.15, 0.2) is 48.5 Å². The lowest BCUT2D eigenvalue weighted by Gasteiger charge is -2.24. The summed E-state index contributed by atoms with van der Waals surface area (Å²) in [5, 5.41) is 6.78. The van der Waals surface area contributed by atoms with Crippen molar-refractivity contribution in [3.8, 4) is 0 Å². The molecule has 1 heterocycles. The minimum Gasteiger partial charge on any atom is -0.371 e. The van der Waals surface area contributed by atoms with E-state index >= 15 is 0 Å². The van der Waals surface area contributed by atoms with Crippen molar-refractivity contribution in [3.63, 3.8) is 0 Å². The molecular formula is C18H19ClN2O2. The Morgan fingerprint density at radius 3 is 2.78 bits per heavy atom. The first kappa shape index (κ1) is 16.0. The van der Waals surface area contributed by atoms with Crippen LogP contribution in [0.5, 0.6) is 0 Å². The quantitative estimate of drug-likeness (QED) is 0.906. The van der Waals surface area contributed by atoms with Crippen molar-refractivity contribution in [1.82, 2.24) is 10.6 Å². The van der Waals surface area contributed by atoms with Crippen molar-refractivity contribution >= 4 is 17.5 Å². The minimum absolute atomic E-state index is 0.110. The van der Waals surface area contributed by atoms with Gasteiger partial charge in [-0.3, -0.25) is 4.79 Å². The lowest BCUT2D eigenvalue weighted by Crippen LogP contribution is -2.33. The molecule has 1 atom stereocenters. The van der Waals surface area contributed by atoms with Crippen LogP contribution in [0.4, 0.5) is 0 Å². The van der Waals surface area contributed by atoms with Crippen molar-refractivity contribution < 1.29 is 9.53 Å². The molecule has 2 aromatic rings. The van der Waals surface area contributed by atoms with E-state index in [1.165, 1.54) is 0 Å². The molecule has 2 N–H and O–H groups in total. The summed E-state index contributed by atoms with van der Waals surface area (Å²) in [7, 11) is 0. The molecule has 1 fully saturated rings. The predicted octanol–water partition coefficient (Wildman–Crippen LogP) is 2.93. The number of hydrogen-bond acceptors (Lipinski definition) is 3. The van der Waals surface area contributed by atoms with Gasteiger partial charge in [0.25, 0.3) is 5.91 Å². The van der Waals surface area contributed by atoms with Crippen molar-refractivity contribution in [2.45, 2.75) is 12.6 Å². The van der Waals surface area contributed by atoms with Crippen LogP contribution < -0.4 is 10.6 Å². The number of morpholine rings is 1. The van der Waals surface area contributed by atoms with Gasteiger partial charge in [0.2, 0.25) is 0 Å². The average Bonchev–Trinajstić information content (AvgIpc) is 2.61. The Bertz CT molecular complexity index is 667. The molecule has 1 amide bonds. The maximum atomic E-state index is 12.1. The molecule has 0 unspecified atom stereocenters. The zero-order valence-electron chi connectivity index (χ0n) is 12.7. The summed E-state index contributed by atoms with van der Waals surface area (Å²) in [6.45, 7) is 2.96. The third-order valence-corrected chi connectivity index (χ3v) is 4.05. The van der Waals surface area contributed by atoms with Crippen LogP contribution in [0, 0.1) is 0 Å². The molecule has 1 aliphatic heterocycles. The summed E-state index contributed by atoms with van der Waals surface area (Å²) >= 11 is 5.90. The highest BCUT2D eigenvalue weighted by Crippen LogP contribution is 2.19. The number of rotatable bonds is 4. The Morgan fingerprint density at radius 2 is 2.09 bits per heavy atom. The first-order valence-electron chi connectivity index (χ1n) is 7.67. The molecular weight excluding hydrogens is 312 g/mol. The zero-order chi connectivity index (χ0) is 16.1. The van der Waals surface area contributed by atoms with E-state index in [2.05, 4.69) is 22.8 Å². The highest BCUT2D eigenvalue weighted by Gasteiger charge is 2.15. The van der Waals surface area contributed by atoms with Crippen molar-refractivity contribution in [3.05, 3.63) is 70.2 Å². The zero-order valence-corrected chi connectivity index (χ0v) is 13.5. The third-order valence-electron chi connectivity index (χ3n) is 3.82. The first-order valence-corrected chi connectivity index (χ1v) is 8.05. The first-order chi connectivity index (χ1) is 11.2. The lowest BCUT2D eigenvalue weighted by atomic mass is 10.1. The number of carbonyl (C=O) groups is 1. The van der Waals surface area contributed by atoms with E-state index in [0.29, 0.717) is 17.1 Å². The van der Waals surface area contributed by atoms with Gasteiger partial charge in [-0.1, -0.05) is 41.9 Å². The predicted molar refractivity (Wildman–Crippen MR) is 90.6 cm³/mol. The molecule has 0 radical (unpaired) electrons. The van der Waals surface area contributed by atoms with Gasteiger partial charge in [0.15, 0.2) is 0 Å². The Labute approximate surface area is 140 Å². The Morgan fingerprint density at radius 1 is 1.26 bits per heavy atom. The van der Waals surface area contributed by atoms with Crippen molar-refractivity contribution in [2.24, 2.45) is 0 Å². The van der Waals surface area contributed by atoms with Gasteiger partial charge in [0, 0.05) is 30.2 Å². The third kappa shape index (κ3) is 4.32. The summed E-state index contributed by atoms with van der Waals surface area (Å²) in [5.74, 6) is -0.128. The van der Waals surface area contributed by atoms with E-state index in [-0.39, 0.29) is 12.0 Å². The van der Waals surface area contributed by atoms with Gasteiger partial charge >= 0.3 is 0 Å². The van der Waals surface area contributed by atoms with Crippen LogP contribution in [0.2, 0.25) is 5.02 Å². The summed E-state index contributed by atoms with van der Waals surface area (Å²) in [4.78, 5) is 12.1. The minimum atomic E-state index is -0.128. The lowest BCUT2D eigenvalue weighted by molar-refractivity contribution is 0.0277. The Hall–Kier alpha value is -1.88. The normalized spacial score (nSPS) is 17.7. The molecule has 120 valence electrons. The molecule has 1 saturated heterocycles. The molecule has 5 heteroatoms. The van der Waals surface area contributed by atoms with Gasteiger partial charge in [-0.15, -0.1) is 0 Å². The highest BCUT2D eigenvalue weighted by molar-refractivity contribution is 6.30. The second kappa shape index (κ2) is 7.59. The number of benzene rings is 2. The molecule has 0 saturated carbocycles. The Kier molecular flexibility index (Phi) is 5.28. The fourth-order valence-electron chi connectivity index (χ4n) is 2.54. The number of amides is 1. The molecule has 0 bridgehead atoms. The van der Waals surface area contributed by atoms with Crippen LogP contribution in [0.1, 0.15) is 27.6 Å². The van der Waals surface area contributed by atoms with Crippen LogP contribution in [0.3, 0.4) is 0 Å². The summed E-state index contributed by atoms with van der Waals surface area (Å²) in [5.41, 5.74) is 2.77. The molecule has 23 heavy (non-hydrogen) atoms. The molecule has 0 aromatic heterocycles. The highest BCUT2D eigenvalue weighted by atomic mass is 35.5.